The van der Waals surface area contributed by atoms with Crippen LogP contribution in [0.25, 0.3) is 0 Å². The number of carbonyl (C=O) groups is 2. The van der Waals surface area contributed by atoms with Crippen LogP contribution in [0, 0.1) is 0 Å². The minimum absolute atomic E-state index is 0.0312. The maximum absolute atomic E-state index is 12.7. The number of pyridine rings is 1. The Morgan fingerprint density at radius 1 is 1.06 bits per heavy atom. The number of benzene rings is 2. The summed E-state index contributed by atoms with van der Waals surface area (Å²) in [6.45, 7) is 0. The summed E-state index contributed by atoms with van der Waals surface area (Å²) in [4.78, 5) is 28.7. The number of nitrogens with zero attached hydrogens (tertiary/aromatic N) is 1. The third-order valence-electron chi connectivity index (χ3n) is 7.39. The smallest absolute Gasteiger partial charge is 0.315 e. The first-order chi connectivity index (χ1) is 17.1. The number of anilines is 1. The second-order valence-electron chi connectivity index (χ2n) is 9.53. The van der Waals surface area contributed by atoms with Crippen molar-refractivity contribution in [3.05, 3.63) is 77.0 Å². The van der Waals surface area contributed by atoms with Crippen LogP contribution in [-0.2, 0) is 17.6 Å². The molecule has 0 unspecified atom stereocenters. The largest absolute Gasteiger partial charge is 0.487 e. The first-order valence-corrected chi connectivity index (χ1v) is 12.0. The highest BCUT2D eigenvalue weighted by Gasteiger charge is 2.59. The average molecular weight is 469 g/mol. The highest BCUT2D eigenvalue weighted by atomic mass is 16.5. The van der Waals surface area contributed by atoms with Gasteiger partial charge in [-0.1, -0.05) is 24.3 Å². The lowest BCUT2D eigenvalue weighted by Crippen LogP contribution is -2.40. The van der Waals surface area contributed by atoms with Crippen molar-refractivity contribution in [1.82, 2.24) is 15.6 Å². The Kier molecular flexibility index (Phi) is 4.49. The van der Waals surface area contributed by atoms with Gasteiger partial charge in [-0.2, -0.15) is 0 Å². The highest BCUT2D eigenvalue weighted by molar-refractivity contribution is 5.93. The van der Waals surface area contributed by atoms with Gasteiger partial charge in [0, 0.05) is 23.7 Å². The van der Waals surface area contributed by atoms with Crippen molar-refractivity contribution in [3.8, 4) is 17.2 Å². The third-order valence-corrected chi connectivity index (χ3v) is 7.39. The molecule has 3 amide bonds. The maximum atomic E-state index is 12.7. The van der Waals surface area contributed by atoms with Crippen molar-refractivity contribution < 1.29 is 19.1 Å². The number of aryl methyl sites for hydroxylation is 1. The zero-order valence-corrected chi connectivity index (χ0v) is 18.9. The zero-order chi connectivity index (χ0) is 23.5. The van der Waals surface area contributed by atoms with Crippen LogP contribution in [0.4, 0.5) is 10.6 Å². The van der Waals surface area contributed by atoms with E-state index in [9.17, 15) is 9.59 Å². The summed E-state index contributed by atoms with van der Waals surface area (Å²) in [6.07, 6.45) is 4.50. The minimum atomic E-state index is -0.158. The molecule has 4 atom stereocenters. The summed E-state index contributed by atoms with van der Waals surface area (Å²) in [7, 11) is 0. The summed E-state index contributed by atoms with van der Waals surface area (Å²) in [6, 6.07) is 15.7. The first kappa shape index (κ1) is 20.3. The molecule has 4 aliphatic rings. The van der Waals surface area contributed by atoms with Gasteiger partial charge in [-0.25, -0.2) is 9.78 Å². The lowest BCUT2D eigenvalue weighted by molar-refractivity contribution is -0.116. The second kappa shape index (κ2) is 7.73. The van der Waals surface area contributed by atoms with Crippen LogP contribution >= 0.6 is 0 Å². The van der Waals surface area contributed by atoms with Crippen molar-refractivity contribution in [2.75, 3.05) is 5.32 Å². The van der Waals surface area contributed by atoms with Crippen molar-refractivity contribution in [2.45, 2.75) is 49.8 Å². The number of nitrogens with one attached hydrogen (secondary N) is 3. The summed E-state index contributed by atoms with van der Waals surface area (Å²) in [5, 5.41) is 9.03. The van der Waals surface area contributed by atoms with Crippen LogP contribution in [-0.4, -0.2) is 29.1 Å². The number of rotatable bonds is 4. The zero-order valence-electron chi connectivity index (χ0n) is 18.9. The van der Waals surface area contributed by atoms with Gasteiger partial charge in [0.15, 0.2) is 0 Å². The molecule has 0 spiro atoms. The summed E-state index contributed by atoms with van der Waals surface area (Å²) in [5.41, 5.74) is 4.46. The SMILES string of the molecule is O=C1CCc2c(Oc3ccc4c(c3)[C@H]3[C@H](NC(=O)N[C@H]5CCc6ccccc65)[C@H]3O4)ccnc2N1. The normalized spacial score (nSPS) is 24.7. The van der Waals surface area contributed by atoms with Crippen molar-refractivity contribution >= 4 is 17.8 Å². The molecule has 0 radical (unpaired) electrons. The van der Waals surface area contributed by atoms with E-state index in [0.717, 1.165) is 29.7 Å². The second-order valence-corrected chi connectivity index (χ2v) is 9.53. The molecular formula is C27H24N4O4. The fourth-order valence-electron chi connectivity index (χ4n) is 5.61. The summed E-state index contributed by atoms with van der Waals surface area (Å²) >= 11 is 0. The highest BCUT2D eigenvalue weighted by Crippen LogP contribution is 2.54. The topological polar surface area (TPSA) is 102 Å². The fraction of sp³-hybridized carbons (Fsp3) is 0.296. The number of aromatic nitrogens is 1. The molecule has 2 aromatic carbocycles. The molecule has 2 aliphatic heterocycles. The van der Waals surface area contributed by atoms with Gasteiger partial charge >= 0.3 is 6.03 Å². The molecular weight excluding hydrogens is 444 g/mol. The standard InChI is InChI=1S/C27H24N4O4/c32-22-10-7-17-21(11-12-28-26(17)30-22)34-15-6-9-20-18(13-15)23-24(25(23)35-20)31-27(33)29-19-8-5-14-3-1-2-4-16(14)19/h1-4,6,9,11-13,19,23-25H,5,7-8,10H2,(H,28,30,32)(H2,29,31,33)/t19-,23-,24-,25-/m0/s1. The van der Waals surface area contributed by atoms with E-state index in [-0.39, 0.29) is 36.0 Å². The van der Waals surface area contributed by atoms with E-state index in [1.54, 1.807) is 6.20 Å². The molecule has 1 saturated carbocycles. The Labute approximate surface area is 202 Å². The minimum Gasteiger partial charge on any atom is -0.487 e. The number of amides is 3. The van der Waals surface area contributed by atoms with Crippen molar-refractivity contribution in [3.63, 3.8) is 0 Å². The molecule has 3 heterocycles. The molecule has 8 nitrogen and oxygen atoms in total. The van der Waals surface area contributed by atoms with Crippen LogP contribution in [0.15, 0.2) is 54.7 Å². The van der Waals surface area contributed by atoms with Crippen LogP contribution < -0.4 is 25.4 Å². The third kappa shape index (κ3) is 3.48. The number of fused-ring (bicyclic) bond motifs is 5. The molecule has 0 bridgehead atoms. The number of carbonyl (C=O) groups excluding carboxylic acids is 2. The Morgan fingerprint density at radius 2 is 1.97 bits per heavy atom. The predicted molar refractivity (Wildman–Crippen MR) is 128 cm³/mol. The summed E-state index contributed by atoms with van der Waals surface area (Å²) in [5.74, 6) is 2.85. The van der Waals surface area contributed by atoms with Crippen LogP contribution in [0.5, 0.6) is 17.2 Å². The fourth-order valence-corrected chi connectivity index (χ4v) is 5.61. The van der Waals surface area contributed by atoms with Gasteiger partial charge in [-0.15, -0.1) is 0 Å². The molecule has 1 fully saturated rings. The van der Waals surface area contributed by atoms with Crippen LogP contribution in [0.2, 0.25) is 0 Å². The Bertz CT molecular complexity index is 1370. The Hall–Kier alpha value is -4.07. The number of ether oxygens (including phenoxy) is 2. The molecule has 0 saturated heterocycles. The van der Waals surface area contributed by atoms with Gasteiger partial charge in [0.25, 0.3) is 0 Å². The quantitative estimate of drug-likeness (QED) is 0.538. The van der Waals surface area contributed by atoms with E-state index in [2.05, 4.69) is 33.1 Å². The maximum Gasteiger partial charge on any atom is 0.315 e. The van der Waals surface area contributed by atoms with Crippen molar-refractivity contribution in [1.29, 1.82) is 0 Å². The van der Waals surface area contributed by atoms with Gasteiger partial charge in [0.1, 0.15) is 29.2 Å². The number of hydrogen-bond donors (Lipinski definition) is 3. The molecule has 7 rings (SSSR count). The predicted octanol–water partition coefficient (Wildman–Crippen LogP) is 3.97. The number of urea groups is 1. The molecule has 35 heavy (non-hydrogen) atoms. The van der Waals surface area contributed by atoms with E-state index in [4.69, 9.17) is 9.47 Å². The number of hydrogen-bond acceptors (Lipinski definition) is 5. The van der Waals surface area contributed by atoms with Crippen LogP contribution in [0.3, 0.4) is 0 Å². The van der Waals surface area contributed by atoms with Gasteiger partial charge in [-0.3, -0.25) is 4.79 Å². The monoisotopic (exact) mass is 468 g/mol. The van der Waals surface area contributed by atoms with Gasteiger partial charge in [0.05, 0.1) is 18.0 Å². The Morgan fingerprint density at radius 3 is 2.91 bits per heavy atom. The van der Waals surface area contributed by atoms with Gasteiger partial charge < -0.3 is 25.4 Å². The molecule has 176 valence electrons. The van der Waals surface area contributed by atoms with E-state index in [1.807, 2.05) is 36.4 Å². The van der Waals surface area contributed by atoms with E-state index < -0.39 is 0 Å². The van der Waals surface area contributed by atoms with Crippen LogP contribution in [0.1, 0.15) is 47.1 Å². The molecule has 8 heteroatoms. The molecule has 1 aromatic heterocycles. The average Bonchev–Trinajstić information content (AvgIpc) is 3.18. The summed E-state index contributed by atoms with van der Waals surface area (Å²) < 4.78 is 12.3. The van der Waals surface area contributed by atoms with E-state index in [1.165, 1.54) is 11.1 Å². The van der Waals surface area contributed by atoms with Crippen molar-refractivity contribution in [2.24, 2.45) is 0 Å². The van der Waals surface area contributed by atoms with Gasteiger partial charge in [0.2, 0.25) is 5.91 Å². The molecule has 3 aromatic rings. The Balaban J connectivity index is 1.03. The van der Waals surface area contributed by atoms with E-state index >= 15 is 0 Å². The lowest BCUT2D eigenvalue weighted by atomic mass is 10.1. The van der Waals surface area contributed by atoms with E-state index in [0.29, 0.717) is 30.2 Å². The molecule has 3 N–H and O–H groups in total. The van der Waals surface area contributed by atoms with Gasteiger partial charge in [-0.05, 0) is 54.7 Å². The lowest BCUT2D eigenvalue weighted by Gasteiger charge is -2.19. The first-order valence-electron chi connectivity index (χ1n) is 12.0. The molecule has 2 aliphatic carbocycles.